The van der Waals surface area contributed by atoms with Crippen LogP contribution in [0.15, 0.2) is 24.3 Å². The largest absolute Gasteiger partial charge is 0.490 e. The van der Waals surface area contributed by atoms with Gasteiger partial charge in [-0.25, -0.2) is 4.79 Å². The fraction of sp³-hybridized carbons (Fsp3) is 0.562. The number of amides is 1. The summed E-state index contributed by atoms with van der Waals surface area (Å²) in [4.78, 5) is 12.9. The summed E-state index contributed by atoms with van der Waals surface area (Å²) in [6.07, 6.45) is 2.81. The maximum atomic E-state index is 11.3. The molecule has 5 heteroatoms. The van der Waals surface area contributed by atoms with E-state index in [-0.39, 0.29) is 18.2 Å². The Kier molecular flexibility index (Phi) is 4.01. The molecule has 1 N–H and O–H groups in total. The first-order valence-corrected chi connectivity index (χ1v) is 7.43. The molecule has 3 atom stereocenters. The van der Waals surface area contributed by atoms with Gasteiger partial charge in [-0.2, -0.15) is 0 Å². The third-order valence-electron chi connectivity index (χ3n) is 4.42. The number of hydrogen-bond donors (Lipinski definition) is 1. The van der Waals surface area contributed by atoms with Gasteiger partial charge in [0.2, 0.25) is 0 Å². The maximum Gasteiger partial charge on any atom is 0.407 e. The van der Waals surface area contributed by atoms with Crippen molar-refractivity contribution in [1.82, 2.24) is 4.90 Å². The van der Waals surface area contributed by atoms with Crippen molar-refractivity contribution in [2.24, 2.45) is 0 Å². The van der Waals surface area contributed by atoms with Gasteiger partial charge in [-0.3, -0.25) is 0 Å². The van der Waals surface area contributed by atoms with E-state index in [1.807, 2.05) is 24.3 Å². The van der Waals surface area contributed by atoms with Crippen molar-refractivity contribution < 1.29 is 19.4 Å². The van der Waals surface area contributed by atoms with Crippen LogP contribution in [0.25, 0.3) is 0 Å². The topological polar surface area (TPSA) is 59.0 Å². The van der Waals surface area contributed by atoms with E-state index in [0.717, 1.165) is 37.0 Å². The maximum absolute atomic E-state index is 11.3. The third-order valence-corrected chi connectivity index (χ3v) is 4.42. The second-order valence-corrected chi connectivity index (χ2v) is 5.87. The molecule has 2 saturated heterocycles. The van der Waals surface area contributed by atoms with Crippen LogP contribution in [0.2, 0.25) is 0 Å². The summed E-state index contributed by atoms with van der Waals surface area (Å²) in [5.41, 5.74) is 1.08. The van der Waals surface area contributed by atoms with Gasteiger partial charge in [-0.05, 0) is 30.5 Å². The number of methoxy groups -OCH3 is 1. The van der Waals surface area contributed by atoms with Crippen molar-refractivity contribution >= 4 is 6.09 Å². The molecule has 1 aromatic rings. The van der Waals surface area contributed by atoms with E-state index in [2.05, 4.69) is 0 Å². The average molecular weight is 291 g/mol. The highest BCUT2D eigenvalue weighted by Gasteiger charge is 2.44. The number of piperidine rings is 1. The number of benzene rings is 1. The molecule has 114 valence electrons. The van der Waals surface area contributed by atoms with Gasteiger partial charge in [0, 0.05) is 32.0 Å². The normalized spacial score (nSPS) is 27.7. The first-order valence-electron chi connectivity index (χ1n) is 7.43. The molecule has 0 aromatic heterocycles. The molecular formula is C16H21NO4. The van der Waals surface area contributed by atoms with Crippen molar-refractivity contribution in [3.05, 3.63) is 29.8 Å². The third kappa shape index (κ3) is 2.97. The Labute approximate surface area is 124 Å². The number of carbonyl (C=O) groups is 1. The Morgan fingerprint density at radius 1 is 1.33 bits per heavy atom. The highest BCUT2D eigenvalue weighted by Crippen LogP contribution is 2.37. The number of ether oxygens (including phenoxy) is 2. The lowest BCUT2D eigenvalue weighted by Gasteiger charge is -2.37. The first-order chi connectivity index (χ1) is 10.2. The van der Waals surface area contributed by atoms with E-state index in [1.165, 1.54) is 0 Å². The van der Waals surface area contributed by atoms with E-state index in [4.69, 9.17) is 9.47 Å². The smallest absolute Gasteiger partial charge is 0.407 e. The van der Waals surface area contributed by atoms with E-state index in [1.54, 1.807) is 12.0 Å². The minimum atomic E-state index is -0.789. The molecule has 2 fully saturated rings. The van der Waals surface area contributed by atoms with Gasteiger partial charge >= 0.3 is 6.09 Å². The summed E-state index contributed by atoms with van der Waals surface area (Å²) in [5, 5.41) is 9.26. The highest BCUT2D eigenvalue weighted by molar-refractivity contribution is 5.66. The quantitative estimate of drug-likeness (QED) is 0.926. The van der Waals surface area contributed by atoms with Crippen LogP contribution in [0, 0.1) is 0 Å². The predicted molar refractivity (Wildman–Crippen MR) is 77.5 cm³/mol. The molecule has 1 aromatic carbocycles. The lowest BCUT2D eigenvalue weighted by molar-refractivity contribution is 0.0495. The van der Waals surface area contributed by atoms with Gasteiger partial charge in [0.25, 0.3) is 0 Å². The Bertz CT molecular complexity index is 505. The molecule has 2 heterocycles. The zero-order valence-electron chi connectivity index (χ0n) is 12.2. The number of rotatable bonds is 4. The molecule has 5 nitrogen and oxygen atoms in total. The van der Waals surface area contributed by atoms with Crippen LogP contribution in [0.3, 0.4) is 0 Å². The zero-order chi connectivity index (χ0) is 14.8. The van der Waals surface area contributed by atoms with Gasteiger partial charge in [-0.15, -0.1) is 0 Å². The van der Waals surface area contributed by atoms with Crippen molar-refractivity contribution in [2.45, 2.75) is 50.5 Å². The Morgan fingerprint density at radius 3 is 2.67 bits per heavy atom. The van der Waals surface area contributed by atoms with Gasteiger partial charge < -0.3 is 19.5 Å². The Morgan fingerprint density at radius 2 is 2.05 bits per heavy atom. The number of fused-ring (bicyclic) bond motifs is 2. The summed E-state index contributed by atoms with van der Waals surface area (Å²) in [5.74, 6) is 0.845. The fourth-order valence-electron chi connectivity index (χ4n) is 3.60. The molecule has 0 saturated carbocycles. The summed E-state index contributed by atoms with van der Waals surface area (Å²) in [7, 11) is 1.67. The number of hydrogen-bond acceptors (Lipinski definition) is 3. The summed E-state index contributed by atoms with van der Waals surface area (Å²) >= 11 is 0. The molecule has 3 rings (SSSR count). The monoisotopic (exact) mass is 291 g/mol. The van der Waals surface area contributed by atoms with Gasteiger partial charge in [0.05, 0.1) is 6.61 Å². The molecular weight excluding hydrogens is 270 g/mol. The summed E-state index contributed by atoms with van der Waals surface area (Å²) < 4.78 is 11.2. The van der Waals surface area contributed by atoms with Gasteiger partial charge in [0.15, 0.2) is 0 Å². The van der Waals surface area contributed by atoms with Crippen LogP contribution >= 0.6 is 0 Å². The van der Waals surface area contributed by atoms with Crippen molar-refractivity contribution in [3.8, 4) is 5.75 Å². The second-order valence-electron chi connectivity index (χ2n) is 5.87. The molecule has 0 radical (unpaired) electrons. The molecule has 0 spiro atoms. The highest BCUT2D eigenvalue weighted by atomic mass is 16.5. The lowest BCUT2D eigenvalue weighted by Crippen LogP contribution is -2.48. The van der Waals surface area contributed by atoms with Gasteiger partial charge in [-0.1, -0.05) is 12.1 Å². The predicted octanol–water partition coefficient (Wildman–Crippen LogP) is 2.89. The molecule has 2 bridgehead atoms. The average Bonchev–Trinajstić information content (AvgIpc) is 2.72. The second kappa shape index (κ2) is 5.93. The van der Waals surface area contributed by atoms with Crippen molar-refractivity contribution in [2.75, 3.05) is 7.11 Å². The molecule has 2 aliphatic rings. The van der Waals surface area contributed by atoms with Crippen molar-refractivity contribution in [1.29, 1.82) is 0 Å². The standard InChI is InChI=1S/C16H21NO4/c1-20-10-11-3-2-4-14(7-11)21-15-8-12-5-6-13(9-15)17(12)16(18)19/h2-4,7,12-13,15H,5-6,8-10H2,1H3,(H,18,19)/t12-,13+,15?. The Balaban J connectivity index is 1.65. The first kappa shape index (κ1) is 14.2. The zero-order valence-corrected chi connectivity index (χ0v) is 12.2. The van der Waals surface area contributed by atoms with E-state index >= 15 is 0 Å². The SMILES string of the molecule is COCc1cccc(OC2C[C@H]3CC[C@@H](C2)N3C(=O)O)c1. The molecule has 2 aliphatic heterocycles. The van der Waals surface area contributed by atoms with Crippen LogP contribution in [0.1, 0.15) is 31.2 Å². The van der Waals surface area contributed by atoms with Gasteiger partial charge in [0.1, 0.15) is 11.9 Å². The van der Waals surface area contributed by atoms with E-state index < -0.39 is 6.09 Å². The lowest BCUT2D eigenvalue weighted by atomic mass is 10.00. The molecule has 1 unspecified atom stereocenters. The van der Waals surface area contributed by atoms with Crippen LogP contribution in [0.5, 0.6) is 5.75 Å². The minimum Gasteiger partial charge on any atom is -0.490 e. The minimum absolute atomic E-state index is 0.107. The van der Waals surface area contributed by atoms with Crippen LogP contribution < -0.4 is 4.74 Å². The summed E-state index contributed by atoms with van der Waals surface area (Å²) in [6.45, 7) is 0.569. The molecule has 0 aliphatic carbocycles. The fourth-order valence-corrected chi connectivity index (χ4v) is 3.60. The molecule has 21 heavy (non-hydrogen) atoms. The van der Waals surface area contributed by atoms with Crippen molar-refractivity contribution in [3.63, 3.8) is 0 Å². The van der Waals surface area contributed by atoms with Crippen LogP contribution in [-0.2, 0) is 11.3 Å². The van der Waals surface area contributed by atoms with E-state index in [9.17, 15) is 9.90 Å². The molecule has 1 amide bonds. The number of carboxylic acid groups (broad SMARTS) is 1. The summed E-state index contributed by atoms with van der Waals surface area (Å²) in [6, 6.07) is 8.15. The van der Waals surface area contributed by atoms with Crippen LogP contribution in [-0.4, -0.2) is 41.4 Å². The van der Waals surface area contributed by atoms with Crippen LogP contribution in [0.4, 0.5) is 4.79 Å². The van der Waals surface area contributed by atoms with E-state index in [0.29, 0.717) is 6.61 Å². The number of nitrogens with zero attached hydrogens (tertiary/aromatic N) is 1. The Hall–Kier alpha value is -1.75.